The lowest BCUT2D eigenvalue weighted by molar-refractivity contribution is -0.116. The molecule has 0 bridgehead atoms. The van der Waals surface area contributed by atoms with E-state index in [4.69, 9.17) is 18.9 Å². The van der Waals surface area contributed by atoms with Gasteiger partial charge >= 0.3 is 0 Å². The zero-order valence-corrected chi connectivity index (χ0v) is 13.6. The summed E-state index contributed by atoms with van der Waals surface area (Å²) in [6.45, 7) is 0.106. The molecule has 0 fully saturated rings. The molecule has 8 heteroatoms. The maximum absolute atomic E-state index is 12.2. The molecule has 0 saturated heterocycles. The van der Waals surface area contributed by atoms with Gasteiger partial charge in [0.25, 0.3) is 0 Å². The fraction of sp³-hybridized carbons (Fsp3) is 0.375. The molecule has 2 aliphatic rings. The highest BCUT2D eigenvalue weighted by Crippen LogP contribution is 2.53. The highest BCUT2D eigenvalue weighted by atomic mass is 16.7. The fourth-order valence-corrected chi connectivity index (χ4v) is 3.27. The van der Waals surface area contributed by atoms with Crippen LogP contribution in [0.2, 0.25) is 0 Å². The summed E-state index contributed by atoms with van der Waals surface area (Å²) in [6.07, 6.45) is 2.05. The topological polar surface area (TPSA) is 83.8 Å². The molecular formula is C16H17N3O5. The minimum atomic E-state index is -0.208. The Hall–Kier alpha value is -2.90. The van der Waals surface area contributed by atoms with Gasteiger partial charge in [0.1, 0.15) is 5.82 Å². The number of aryl methyl sites for hydroxylation is 1. The summed E-state index contributed by atoms with van der Waals surface area (Å²) in [6, 6.07) is 1.84. The third-order valence-corrected chi connectivity index (χ3v) is 4.38. The Kier molecular flexibility index (Phi) is 3.26. The molecule has 1 aromatic heterocycles. The van der Waals surface area contributed by atoms with Crippen LogP contribution < -0.4 is 24.3 Å². The predicted octanol–water partition coefficient (Wildman–Crippen LogP) is 1.64. The Balaban J connectivity index is 1.92. The van der Waals surface area contributed by atoms with E-state index in [0.29, 0.717) is 28.8 Å². The van der Waals surface area contributed by atoms with E-state index in [0.717, 1.165) is 11.1 Å². The van der Waals surface area contributed by atoms with E-state index in [1.807, 2.05) is 6.07 Å². The van der Waals surface area contributed by atoms with Crippen LogP contribution in [-0.2, 0) is 11.8 Å². The van der Waals surface area contributed by atoms with E-state index in [2.05, 4.69) is 10.4 Å². The van der Waals surface area contributed by atoms with Gasteiger partial charge in [0, 0.05) is 30.5 Å². The van der Waals surface area contributed by atoms with E-state index >= 15 is 0 Å². The maximum Gasteiger partial charge on any atom is 0.231 e. The Morgan fingerprint density at radius 3 is 2.79 bits per heavy atom. The number of benzene rings is 1. The number of carbonyl (C=O) groups excluding carboxylic acids is 1. The number of nitrogens with one attached hydrogen (secondary N) is 1. The molecule has 1 aromatic carbocycles. The number of fused-ring (bicyclic) bond motifs is 2. The summed E-state index contributed by atoms with van der Waals surface area (Å²) in [7, 11) is 4.93. The summed E-state index contributed by atoms with van der Waals surface area (Å²) in [5, 5.41) is 7.11. The van der Waals surface area contributed by atoms with Crippen molar-refractivity contribution in [3.05, 3.63) is 23.4 Å². The first kappa shape index (κ1) is 14.7. The second-order valence-corrected chi connectivity index (χ2v) is 5.64. The maximum atomic E-state index is 12.2. The number of hydrogen-bond acceptors (Lipinski definition) is 6. The summed E-state index contributed by atoms with van der Waals surface area (Å²) in [5.74, 6) is 2.53. The van der Waals surface area contributed by atoms with Crippen LogP contribution in [0.3, 0.4) is 0 Å². The highest BCUT2D eigenvalue weighted by molar-refractivity contribution is 5.94. The van der Waals surface area contributed by atoms with Crippen molar-refractivity contribution in [2.75, 3.05) is 26.3 Å². The molecule has 2 aliphatic heterocycles. The van der Waals surface area contributed by atoms with Crippen LogP contribution in [0.1, 0.15) is 23.5 Å². The number of anilines is 1. The van der Waals surface area contributed by atoms with Crippen LogP contribution in [-0.4, -0.2) is 36.7 Å². The molecule has 2 aromatic rings. The minimum Gasteiger partial charge on any atom is -0.493 e. The quantitative estimate of drug-likeness (QED) is 0.920. The zero-order valence-electron chi connectivity index (χ0n) is 13.6. The normalized spacial score (nSPS) is 18.1. The van der Waals surface area contributed by atoms with Crippen molar-refractivity contribution in [2.45, 2.75) is 12.3 Å². The van der Waals surface area contributed by atoms with Crippen molar-refractivity contribution in [1.82, 2.24) is 9.78 Å². The number of rotatable bonds is 3. The standard InChI is InChI=1S/C16H17N3O5/c1-19-16-10(6-17-19)8(5-12(20)18-16)9-4-11(21-2)14-15(13(9)22-3)24-7-23-14/h4,6,8H,5,7H2,1-3H3,(H,18,20)/t8-/m0/s1. The summed E-state index contributed by atoms with van der Waals surface area (Å²) >= 11 is 0. The Bertz CT molecular complexity index is 830. The Morgan fingerprint density at radius 2 is 2.04 bits per heavy atom. The number of nitrogens with zero attached hydrogens (tertiary/aromatic N) is 2. The van der Waals surface area contributed by atoms with Gasteiger partial charge in [-0.1, -0.05) is 0 Å². The lowest BCUT2D eigenvalue weighted by Crippen LogP contribution is -2.24. The van der Waals surface area contributed by atoms with Crippen LogP contribution in [0.5, 0.6) is 23.0 Å². The lowest BCUT2D eigenvalue weighted by Gasteiger charge is -2.25. The third-order valence-electron chi connectivity index (χ3n) is 4.38. The van der Waals surface area contributed by atoms with Crippen molar-refractivity contribution < 1.29 is 23.7 Å². The third kappa shape index (κ3) is 1.99. The lowest BCUT2D eigenvalue weighted by atomic mass is 9.86. The van der Waals surface area contributed by atoms with Gasteiger partial charge in [-0.25, -0.2) is 0 Å². The number of aromatic nitrogens is 2. The number of methoxy groups -OCH3 is 2. The molecule has 1 atom stereocenters. The van der Waals surface area contributed by atoms with Crippen LogP contribution >= 0.6 is 0 Å². The highest BCUT2D eigenvalue weighted by Gasteiger charge is 2.35. The smallest absolute Gasteiger partial charge is 0.231 e. The molecule has 0 unspecified atom stereocenters. The first-order chi connectivity index (χ1) is 11.6. The van der Waals surface area contributed by atoms with E-state index in [9.17, 15) is 4.79 Å². The first-order valence-corrected chi connectivity index (χ1v) is 7.50. The van der Waals surface area contributed by atoms with Gasteiger partial charge in [-0.2, -0.15) is 5.10 Å². The molecule has 4 rings (SSSR count). The van der Waals surface area contributed by atoms with Crippen molar-refractivity contribution in [3.63, 3.8) is 0 Å². The fourth-order valence-electron chi connectivity index (χ4n) is 3.27. The molecule has 1 amide bonds. The van der Waals surface area contributed by atoms with Crippen molar-refractivity contribution in [1.29, 1.82) is 0 Å². The van der Waals surface area contributed by atoms with Gasteiger partial charge in [-0.3, -0.25) is 9.48 Å². The Morgan fingerprint density at radius 1 is 1.25 bits per heavy atom. The van der Waals surface area contributed by atoms with Gasteiger partial charge in [0.15, 0.2) is 11.5 Å². The van der Waals surface area contributed by atoms with E-state index in [1.165, 1.54) is 0 Å². The van der Waals surface area contributed by atoms with E-state index in [-0.39, 0.29) is 25.0 Å². The molecule has 0 aliphatic carbocycles. The van der Waals surface area contributed by atoms with Crippen molar-refractivity contribution in [2.24, 2.45) is 7.05 Å². The van der Waals surface area contributed by atoms with Crippen LogP contribution in [0, 0.1) is 0 Å². The van der Waals surface area contributed by atoms with Crippen LogP contribution in [0.25, 0.3) is 0 Å². The molecule has 0 saturated carbocycles. The minimum absolute atomic E-state index is 0.0743. The van der Waals surface area contributed by atoms with Gasteiger partial charge in [-0.05, 0) is 6.07 Å². The van der Waals surface area contributed by atoms with Crippen LogP contribution in [0.4, 0.5) is 5.82 Å². The van der Waals surface area contributed by atoms with Gasteiger partial charge in [0.2, 0.25) is 24.2 Å². The summed E-state index contributed by atoms with van der Waals surface area (Å²) < 4.78 is 23.7. The molecule has 8 nitrogen and oxygen atoms in total. The van der Waals surface area contributed by atoms with E-state index in [1.54, 1.807) is 32.1 Å². The summed E-state index contributed by atoms with van der Waals surface area (Å²) in [5.41, 5.74) is 1.74. The van der Waals surface area contributed by atoms with Gasteiger partial charge < -0.3 is 24.3 Å². The molecule has 24 heavy (non-hydrogen) atoms. The largest absolute Gasteiger partial charge is 0.493 e. The molecule has 0 radical (unpaired) electrons. The molecule has 1 N–H and O–H groups in total. The molecule has 0 spiro atoms. The number of amides is 1. The summed E-state index contributed by atoms with van der Waals surface area (Å²) in [4.78, 5) is 12.2. The Labute approximate surface area is 138 Å². The average molecular weight is 331 g/mol. The number of carbonyl (C=O) groups is 1. The second-order valence-electron chi connectivity index (χ2n) is 5.64. The second kappa shape index (κ2) is 5.33. The molecule has 126 valence electrons. The SMILES string of the molecule is COc1cc([C@@H]2CC(=O)Nc3c2cnn3C)c(OC)c2c1OCO2. The van der Waals surface area contributed by atoms with Gasteiger partial charge in [0.05, 0.1) is 20.4 Å². The molecule has 3 heterocycles. The van der Waals surface area contributed by atoms with Crippen LogP contribution in [0.15, 0.2) is 12.3 Å². The molecular weight excluding hydrogens is 314 g/mol. The number of ether oxygens (including phenoxy) is 4. The average Bonchev–Trinajstić information content (AvgIpc) is 3.20. The van der Waals surface area contributed by atoms with Crippen molar-refractivity contribution >= 4 is 11.7 Å². The van der Waals surface area contributed by atoms with Gasteiger partial charge in [-0.15, -0.1) is 0 Å². The first-order valence-electron chi connectivity index (χ1n) is 7.50. The number of hydrogen-bond donors (Lipinski definition) is 1. The zero-order chi connectivity index (χ0) is 16.8. The predicted molar refractivity (Wildman–Crippen MR) is 84.0 cm³/mol. The van der Waals surface area contributed by atoms with E-state index < -0.39 is 0 Å². The monoisotopic (exact) mass is 331 g/mol. The van der Waals surface area contributed by atoms with Crippen molar-refractivity contribution in [3.8, 4) is 23.0 Å².